The van der Waals surface area contributed by atoms with Crippen molar-refractivity contribution in [1.29, 1.82) is 0 Å². The van der Waals surface area contributed by atoms with E-state index in [1.165, 1.54) is 5.75 Å². The summed E-state index contributed by atoms with van der Waals surface area (Å²) in [7, 11) is 0. The Hall–Kier alpha value is -1.37. The van der Waals surface area contributed by atoms with Crippen LogP contribution in [0.15, 0.2) is 28.8 Å². The molecule has 1 aliphatic heterocycles. The maximum atomic E-state index is 5.59. The normalized spacial score (nSPS) is 19.1. The van der Waals surface area contributed by atoms with Crippen LogP contribution in [0.5, 0.6) is 0 Å². The molecule has 3 N–H and O–H groups in total. The van der Waals surface area contributed by atoms with Gasteiger partial charge in [0.15, 0.2) is 0 Å². The number of thioether (sulfide) groups is 1. The third-order valence-corrected chi connectivity index (χ3v) is 4.47. The molecule has 2 aromatic rings. The van der Waals surface area contributed by atoms with Crippen molar-refractivity contribution in [2.45, 2.75) is 19.0 Å². The molecule has 1 unspecified atom stereocenters. The Bertz CT molecular complexity index is 549. The van der Waals surface area contributed by atoms with Gasteiger partial charge in [-0.2, -0.15) is 16.7 Å². The topological polar surface area (TPSA) is 77.0 Å². The van der Waals surface area contributed by atoms with Gasteiger partial charge in [0.25, 0.3) is 0 Å². The summed E-state index contributed by atoms with van der Waals surface area (Å²) < 4.78 is 5.34. The Morgan fingerprint density at radius 1 is 1.35 bits per heavy atom. The van der Waals surface area contributed by atoms with Crippen LogP contribution in [-0.4, -0.2) is 34.2 Å². The zero-order valence-corrected chi connectivity index (χ0v) is 12.0. The highest BCUT2D eigenvalue weighted by Gasteiger charge is 2.17. The van der Waals surface area contributed by atoms with Gasteiger partial charge in [0.05, 0.1) is 0 Å². The largest absolute Gasteiger partial charge is 0.339 e. The van der Waals surface area contributed by atoms with Gasteiger partial charge in [0.1, 0.15) is 0 Å². The highest BCUT2D eigenvalue weighted by molar-refractivity contribution is 7.99. The Morgan fingerprint density at radius 3 is 2.90 bits per heavy atom. The van der Waals surface area contributed by atoms with Crippen LogP contribution in [0.4, 0.5) is 0 Å². The van der Waals surface area contributed by atoms with Crippen LogP contribution in [0.1, 0.15) is 11.5 Å². The molecule has 6 heteroatoms. The first-order valence-corrected chi connectivity index (χ1v) is 7.94. The monoisotopic (exact) mass is 290 g/mol. The molecule has 0 bridgehead atoms. The summed E-state index contributed by atoms with van der Waals surface area (Å²) in [6.07, 6.45) is 0.793. The van der Waals surface area contributed by atoms with Crippen LogP contribution >= 0.6 is 11.8 Å². The van der Waals surface area contributed by atoms with Crippen molar-refractivity contribution < 1.29 is 4.52 Å². The van der Waals surface area contributed by atoms with Crippen LogP contribution in [0.25, 0.3) is 11.4 Å². The lowest BCUT2D eigenvalue weighted by Gasteiger charge is -2.21. The molecule has 20 heavy (non-hydrogen) atoms. The zero-order valence-electron chi connectivity index (χ0n) is 11.2. The van der Waals surface area contributed by atoms with E-state index in [4.69, 9.17) is 10.3 Å². The molecule has 106 valence electrons. The standard InChI is InChI=1S/C14H18N4OS/c15-8-10-1-3-11(4-2-10)14-17-13(19-18-14)7-12-9-20-6-5-16-12/h1-4,12,16H,5-9,15H2. The van der Waals surface area contributed by atoms with Crippen LogP contribution in [0.2, 0.25) is 0 Å². The number of aromatic nitrogens is 2. The predicted octanol–water partition coefficient (Wildman–Crippen LogP) is 1.44. The number of rotatable bonds is 4. The average Bonchev–Trinajstić information content (AvgIpc) is 2.97. The van der Waals surface area contributed by atoms with Gasteiger partial charge in [-0.15, -0.1) is 0 Å². The van der Waals surface area contributed by atoms with Crippen molar-refractivity contribution in [2.75, 3.05) is 18.1 Å². The molecule has 1 aromatic heterocycles. The third kappa shape index (κ3) is 3.20. The van der Waals surface area contributed by atoms with E-state index >= 15 is 0 Å². The van der Waals surface area contributed by atoms with E-state index in [-0.39, 0.29) is 0 Å². The van der Waals surface area contributed by atoms with Crippen molar-refractivity contribution in [3.63, 3.8) is 0 Å². The second-order valence-corrected chi connectivity index (χ2v) is 5.99. The van der Waals surface area contributed by atoms with Gasteiger partial charge in [-0.1, -0.05) is 29.4 Å². The Labute approximate surface area is 122 Å². The molecule has 1 saturated heterocycles. The zero-order chi connectivity index (χ0) is 13.8. The number of hydrogen-bond acceptors (Lipinski definition) is 6. The maximum Gasteiger partial charge on any atom is 0.228 e. The molecule has 0 spiro atoms. The Morgan fingerprint density at radius 2 is 2.20 bits per heavy atom. The minimum absolute atomic E-state index is 0.432. The molecule has 1 atom stereocenters. The fourth-order valence-corrected chi connectivity index (χ4v) is 3.16. The number of hydrogen-bond donors (Lipinski definition) is 2. The summed E-state index contributed by atoms with van der Waals surface area (Å²) in [5.74, 6) is 3.62. The van der Waals surface area contributed by atoms with E-state index in [0.717, 1.165) is 29.8 Å². The lowest BCUT2D eigenvalue weighted by molar-refractivity contribution is 0.363. The molecule has 0 aliphatic carbocycles. The van der Waals surface area contributed by atoms with Gasteiger partial charge in [0, 0.05) is 42.6 Å². The van der Waals surface area contributed by atoms with Crippen molar-refractivity contribution in [3.8, 4) is 11.4 Å². The van der Waals surface area contributed by atoms with Crippen molar-refractivity contribution >= 4 is 11.8 Å². The highest BCUT2D eigenvalue weighted by atomic mass is 32.2. The second kappa shape index (κ2) is 6.39. The van der Waals surface area contributed by atoms with Crippen LogP contribution < -0.4 is 11.1 Å². The number of nitrogens with one attached hydrogen (secondary N) is 1. The van der Waals surface area contributed by atoms with E-state index in [0.29, 0.717) is 24.3 Å². The van der Waals surface area contributed by atoms with E-state index in [2.05, 4.69) is 15.5 Å². The number of nitrogens with zero attached hydrogens (tertiary/aromatic N) is 2. The number of nitrogens with two attached hydrogens (primary N) is 1. The first kappa shape index (κ1) is 13.6. The molecule has 1 aliphatic rings. The maximum absolute atomic E-state index is 5.59. The molecule has 0 radical (unpaired) electrons. The van der Waals surface area contributed by atoms with E-state index < -0.39 is 0 Å². The molecule has 1 fully saturated rings. The molecular weight excluding hydrogens is 272 g/mol. The SMILES string of the molecule is NCc1ccc(-c2noc(CC3CSCCN3)n2)cc1. The lowest BCUT2D eigenvalue weighted by Crippen LogP contribution is -2.38. The second-order valence-electron chi connectivity index (χ2n) is 4.84. The van der Waals surface area contributed by atoms with Crippen molar-refractivity contribution in [2.24, 2.45) is 5.73 Å². The van der Waals surface area contributed by atoms with Crippen LogP contribution in [0.3, 0.4) is 0 Å². The molecule has 5 nitrogen and oxygen atoms in total. The molecular formula is C14H18N4OS. The molecule has 1 aromatic carbocycles. The summed E-state index contributed by atoms with van der Waals surface area (Å²) >= 11 is 1.97. The highest BCUT2D eigenvalue weighted by Crippen LogP contribution is 2.18. The predicted molar refractivity (Wildman–Crippen MR) is 80.4 cm³/mol. The fraction of sp³-hybridized carbons (Fsp3) is 0.429. The van der Waals surface area contributed by atoms with Gasteiger partial charge in [-0.25, -0.2) is 0 Å². The lowest BCUT2D eigenvalue weighted by atomic mass is 10.1. The number of benzene rings is 1. The van der Waals surface area contributed by atoms with Crippen LogP contribution in [0, 0.1) is 0 Å². The quantitative estimate of drug-likeness (QED) is 0.887. The summed E-state index contributed by atoms with van der Waals surface area (Å²) in [5, 5.41) is 7.52. The first-order valence-electron chi connectivity index (χ1n) is 6.78. The molecule has 2 heterocycles. The Kier molecular flexibility index (Phi) is 4.34. The molecule has 0 amide bonds. The Balaban J connectivity index is 1.68. The molecule has 0 saturated carbocycles. The van der Waals surface area contributed by atoms with Gasteiger partial charge >= 0.3 is 0 Å². The van der Waals surface area contributed by atoms with Crippen molar-refractivity contribution in [3.05, 3.63) is 35.7 Å². The average molecular weight is 290 g/mol. The summed E-state index contributed by atoms with van der Waals surface area (Å²) in [5.41, 5.74) is 7.65. The smallest absolute Gasteiger partial charge is 0.228 e. The van der Waals surface area contributed by atoms with E-state index in [1.54, 1.807) is 0 Å². The van der Waals surface area contributed by atoms with Gasteiger partial charge in [-0.05, 0) is 5.56 Å². The van der Waals surface area contributed by atoms with E-state index in [9.17, 15) is 0 Å². The first-order chi connectivity index (χ1) is 9.85. The van der Waals surface area contributed by atoms with Crippen molar-refractivity contribution in [1.82, 2.24) is 15.5 Å². The minimum Gasteiger partial charge on any atom is -0.339 e. The summed E-state index contributed by atoms with van der Waals surface area (Å²) in [6, 6.07) is 8.37. The molecule has 3 rings (SSSR count). The summed E-state index contributed by atoms with van der Waals surface area (Å²) in [6.45, 7) is 1.60. The van der Waals surface area contributed by atoms with E-state index in [1.807, 2.05) is 36.0 Å². The van der Waals surface area contributed by atoms with Gasteiger partial charge in [0.2, 0.25) is 11.7 Å². The third-order valence-electron chi connectivity index (χ3n) is 3.34. The fourth-order valence-electron chi connectivity index (χ4n) is 2.21. The van der Waals surface area contributed by atoms with Gasteiger partial charge in [-0.3, -0.25) is 0 Å². The minimum atomic E-state index is 0.432. The van der Waals surface area contributed by atoms with Gasteiger partial charge < -0.3 is 15.6 Å². The summed E-state index contributed by atoms with van der Waals surface area (Å²) in [4.78, 5) is 4.47. The van der Waals surface area contributed by atoms with Crippen LogP contribution in [-0.2, 0) is 13.0 Å².